The third-order valence-electron chi connectivity index (χ3n) is 3.65. The lowest BCUT2D eigenvalue weighted by molar-refractivity contribution is 0.431. The van der Waals surface area contributed by atoms with Gasteiger partial charge >= 0.3 is 0 Å². The van der Waals surface area contributed by atoms with E-state index in [1.165, 1.54) is 5.56 Å². The van der Waals surface area contributed by atoms with Crippen molar-refractivity contribution in [1.82, 2.24) is 0 Å². The average Bonchev–Trinajstić information content (AvgIpc) is 2.25. The van der Waals surface area contributed by atoms with Crippen LogP contribution in [-0.2, 0) is 10.8 Å². The maximum atomic E-state index is 10.5. The third kappa shape index (κ3) is 3.50. The lowest BCUT2D eigenvalue weighted by Gasteiger charge is -2.28. The van der Waals surface area contributed by atoms with E-state index < -0.39 is 0 Å². The summed E-state index contributed by atoms with van der Waals surface area (Å²) in [6.07, 6.45) is 0.824. The molecule has 1 atom stereocenters. The van der Waals surface area contributed by atoms with E-state index in [4.69, 9.17) is 5.73 Å². The average molecular weight is 263 g/mol. The van der Waals surface area contributed by atoms with Crippen molar-refractivity contribution in [2.24, 2.45) is 5.73 Å². The van der Waals surface area contributed by atoms with Gasteiger partial charge in [0.2, 0.25) is 0 Å². The van der Waals surface area contributed by atoms with Gasteiger partial charge in [-0.3, -0.25) is 0 Å². The van der Waals surface area contributed by atoms with E-state index in [0.29, 0.717) is 5.75 Å². The Kier molecular flexibility index (Phi) is 4.36. The van der Waals surface area contributed by atoms with E-state index in [9.17, 15) is 5.11 Å². The molecule has 19 heavy (non-hydrogen) atoms. The van der Waals surface area contributed by atoms with Crippen LogP contribution < -0.4 is 5.73 Å². The number of hydrogen-bond acceptors (Lipinski definition) is 2. The van der Waals surface area contributed by atoms with Gasteiger partial charge < -0.3 is 10.8 Å². The molecule has 0 aliphatic carbocycles. The predicted octanol–water partition coefficient (Wildman–Crippen LogP) is 4.40. The summed E-state index contributed by atoms with van der Waals surface area (Å²) in [4.78, 5) is 0. The van der Waals surface area contributed by atoms with Gasteiger partial charge in [0.05, 0.1) is 0 Å². The Bertz CT molecular complexity index is 450. The molecular weight excluding hydrogens is 234 g/mol. The van der Waals surface area contributed by atoms with E-state index in [2.05, 4.69) is 53.7 Å². The molecule has 1 rings (SSSR count). The van der Waals surface area contributed by atoms with Gasteiger partial charge in [-0.2, -0.15) is 0 Å². The summed E-state index contributed by atoms with van der Waals surface area (Å²) in [5.41, 5.74) is 9.21. The highest BCUT2D eigenvalue weighted by atomic mass is 16.3. The van der Waals surface area contributed by atoms with Gasteiger partial charge in [0, 0.05) is 11.6 Å². The zero-order chi connectivity index (χ0) is 15.0. The molecule has 1 aromatic carbocycles. The van der Waals surface area contributed by atoms with E-state index in [1.807, 2.05) is 6.92 Å². The van der Waals surface area contributed by atoms with E-state index >= 15 is 0 Å². The molecule has 0 saturated heterocycles. The maximum Gasteiger partial charge on any atom is 0.124 e. The minimum absolute atomic E-state index is 0.0515. The van der Waals surface area contributed by atoms with Crippen LogP contribution in [0.2, 0.25) is 0 Å². The Labute approximate surface area is 118 Å². The molecule has 0 saturated carbocycles. The van der Waals surface area contributed by atoms with Crippen molar-refractivity contribution in [3.05, 3.63) is 28.8 Å². The molecule has 3 N–H and O–H groups in total. The molecule has 0 radical (unpaired) electrons. The minimum Gasteiger partial charge on any atom is -0.507 e. The molecule has 108 valence electrons. The van der Waals surface area contributed by atoms with Gasteiger partial charge in [0.1, 0.15) is 5.75 Å². The zero-order valence-corrected chi connectivity index (χ0v) is 13.5. The monoisotopic (exact) mass is 263 g/mol. The van der Waals surface area contributed by atoms with Crippen molar-refractivity contribution in [3.8, 4) is 5.75 Å². The summed E-state index contributed by atoms with van der Waals surface area (Å²) in [5, 5.41) is 10.5. The largest absolute Gasteiger partial charge is 0.507 e. The van der Waals surface area contributed by atoms with Crippen LogP contribution in [0.4, 0.5) is 0 Å². The first-order valence-electron chi connectivity index (χ1n) is 7.12. The highest BCUT2D eigenvalue weighted by molar-refractivity contribution is 5.49. The van der Waals surface area contributed by atoms with E-state index in [1.54, 1.807) is 0 Å². The molecule has 2 heteroatoms. The summed E-state index contributed by atoms with van der Waals surface area (Å²) in [5.74, 6) is 0.370. The molecule has 0 heterocycles. The predicted molar refractivity (Wildman–Crippen MR) is 82.7 cm³/mol. The van der Waals surface area contributed by atoms with E-state index in [0.717, 1.165) is 17.5 Å². The molecular formula is C17H29NO. The van der Waals surface area contributed by atoms with Crippen LogP contribution in [0.5, 0.6) is 5.75 Å². The Morgan fingerprint density at radius 3 is 1.95 bits per heavy atom. The second-order valence-electron chi connectivity index (χ2n) is 7.48. The van der Waals surface area contributed by atoms with Crippen molar-refractivity contribution in [3.63, 3.8) is 0 Å². The number of hydrogen-bond donors (Lipinski definition) is 2. The Morgan fingerprint density at radius 1 is 1.05 bits per heavy atom. The van der Waals surface area contributed by atoms with Gasteiger partial charge in [0.25, 0.3) is 0 Å². The number of phenols is 1. The molecule has 2 nitrogen and oxygen atoms in total. The maximum absolute atomic E-state index is 10.5. The quantitative estimate of drug-likeness (QED) is 0.831. The summed E-state index contributed by atoms with van der Waals surface area (Å²) < 4.78 is 0. The summed E-state index contributed by atoms with van der Waals surface area (Å²) in [6.45, 7) is 15.0. The number of aromatic hydroxyl groups is 1. The number of phenolic OH excluding ortho intramolecular Hbond substituents is 1. The molecule has 0 fully saturated rings. The molecule has 0 aromatic heterocycles. The SMILES string of the molecule is CC[C@@H](N)c1cc(C(C)(C)C)cc(C(C)(C)C)c1O. The molecule has 1 aromatic rings. The smallest absolute Gasteiger partial charge is 0.124 e. The standard InChI is InChI=1S/C17H29NO/c1-8-14(18)12-9-11(16(2,3)4)10-13(15(12)19)17(5,6)7/h9-10,14,19H,8,18H2,1-7H3/t14-/m1/s1. The first-order chi connectivity index (χ1) is 8.48. The van der Waals surface area contributed by atoms with Crippen molar-refractivity contribution < 1.29 is 5.11 Å². The highest BCUT2D eigenvalue weighted by Crippen LogP contribution is 2.39. The summed E-state index contributed by atoms with van der Waals surface area (Å²) >= 11 is 0. The number of nitrogens with two attached hydrogens (primary N) is 1. The lowest BCUT2D eigenvalue weighted by atomic mass is 9.78. The highest BCUT2D eigenvalue weighted by Gasteiger charge is 2.26. The van der Waals surface area contributed by atoms with Crippen LogP contribution in [-0.4, -0.2) is 5.11 Å². The van der Waals surface area contributed by atoms with Crippen molar-refractivity contribution >= 4 is 0 Å². The van der Waals surface area contributed by atoms with E-state index in [-0.39, 0.29) is 16.9 Å². The number of benzene rings is 1. The van der Waals surface area contributed by atoms with Crippen LogP contribution in [0, 0.1) is 0 Å². The van der Waals surface area contributed by atoms with Gasteiger partial charge in [-0.1, -0.05) is 54.5 Å². The normalized spacial score (nSPS) is 14.5. The molecule has 0 bridgehead atoms. The van der Waals surface area contributed by atoms with Gasteiger partial charge in [-0.05, 0) is 34.4 Å². The van der Waals surface area contributed by atoms with Crippen LogP contribution >= 0.6 is 0 Å². The molecule has 0 aliphatic heterocycles. The fraction of sp³-hybridized carbons (Fsp3) is 0.647. The van der Waals surface area contributed by atoms with Crippen LogP contribution in [0.25, 0.3) is 0 Å². The fourth-order valence-electron chi connectivity index (χ4n) is 2.16. The second kappa shape index (κ2) is 5.16. The van der Waals surface area contributed by atoms with Crippen molar-refractivity contribution in [2.45, 2.75) is 71.8 Å². The van der Waals surface area contributed by atoms with Crippen LogP contribution in [0.1, 0.15) is 77.6 Å². The number of rotatable bonds is 2. The van der Waals surface area contributed by atoms with Gasteiger partial charge in [-0.15, -0.1) is 0 Å². The summed E-state index contributed by atoms with van der Waals surface area (Å²) in [6, 6.07) is 4.09. The van der Waals surface area contributed by atoms with Gasteiger partial charge in [0.15, 0.2) is 0 Å². The second-order valence-corrected chi connectivity index (χ2v) is 7.48. The molecule has 0 aliphatic rings. The first-order valence-corrected chi connectivity index (χ1v) is 7.12. The van der Waals surface area contributed by atoms with Crippen LogP contribution in [0.15, 0.2) is 12.1 Å². The van der Waals surface area contributed by atoms with Crippen LogP contribution in [0.3, 0.4) is 0 Å². The third-order valence-corrected chi connectivity index (χ3v) is 3.65. The Balaban J connectivity index is 3.57. The lowest BCUT2D eigenvalue weighted by Crippen LogP contribution is -2.19. The fourth-order valence-corrected chi connectivity index (χ4v) is 2.16. The first kappa shape index (κ1) is 16.0. The molecule has 0 unspecified atom stereocenters. The Hall–Kier alpha value is -1.02. The Morgan fingerprint density at radius 2 is 1.58 bits per heavy atom. The van der Waals surface area contributed by atoms with Gasteiger partial charge in [-0.25, -0.2) is 0 Å². The minimum atomic E-state index is -0.108. The molecule has 0 spiro atoms. The van der Waals surface area contributed by atoms with Crippen molar-refractivity contribution in [2.75, 3.05) is 0 Å². The summed E-state index contributed by atoms with van der Waals surface area (Å²) in [7, 11) is 0. The topological polar surface area (TPSA) is 46.2 Å². The molecule has 0 amide bonds. The van der Waals surface area contributed by atoms with Crippen molar-refractivity contribution in [1.29, 1.82) is 0 Å². The zero-order valence-electron chi connectivity index (χ0n) is 13.5.